The molecule has 0 aliphatic carbocycles. The van der Waals surface area contributed by atoms with Gasteiger partial charge in [0.15, 0.2) is 0 Å². The molecule has 0 aromatic heterocycles. The van der Waals surface area contributed by atoms with Crippen LogP contribution in [0.5, 0.6) is 0 Å². The van der Waals surface area contributed by atoms with Gasteiger partial charge in [-0.05, 0) is 58.9 Å². The van der Waals surface area contributed by atoms with E-state index in [4.69, 9.17) is 0 Å². The molecule has 0 amide bonds. The van der Waals surface area contributed by atoms with E-state index in [9.17, 15) is 0 Å². The highest BCUT2D eigenvalue weighted by atomic mass is 79.9. The van der Waals surface area contributed by atoms with Crippen molar-refractivity contribution in [3.05, 3.63) is 28.2 Å². The zero-order valence-electron chi connectivity index (χ0n) is 13.0. The van der Waals surface area contributed by atoms with Crippen molar-refractivity contribution in [3.8, 4) is 0 Å². The number of hydrogen-bond acceptors (Lipinski definition) is 2. The van der Waals surface area contributed by atoms with E-state index in [0.717, 1.165) is 6.54 Å². The quantitative estimate of drug-likeness (QED) is 0.845. The highest BCUT2D eigenvalue weighted by Crippen LogP contribution is 2.40. The van der Waals surface area contributed by atoms with E-state index in [1.54, 1.807) is 0 Å². The van der Waals surface area contributed by atoms with Crippen LogP contribution >= 0.6 is 15.9 Å². The minimum absolute atomic E-state index is 0.592. The van der Waals surface area contributed by atoms with Crippen LogP contribution in [0.15, 0.2) is 22.7 Å². The molecule has 1 saturated heterocycles. The van der Waals surface area contributed by atoms with E-state index in [1.165, 1.54) is 54.5 Å². The smallest absolute Gasteiger partial charge is 0.0510 e. The van der Waals surface area contributed by atoms with Gasteiger partial charge in [0, 0.05) is 24.1 Å². The first-order valence-corrected chi connectivity index (χ1v) is 8.61. The summed E-state index contributed by atoms with van der Waals surface area (Å²) in [4.78, 5) is 2.54. The lowest BCUT2D eigenvalue weighted by Crippen LogP contribution is -2.39. The standard InChI is InChI=1S/C17H27BrN2/c1-4-17(5-2)8-10-20(11-9-17)16-7-6-14(13-19-3)12-15(16)18/h6-7,12,19H,4-5,8-11,13H2,1-3H3. The maximum atomic E-state index is 3.75. The van der Waals surface area contributed by atoms with Crippen LogP contribution in [-0.4, -0.2) is 20.1 Å². The van der Waals surface area contributed by atoms with Crippen molar-refractivity contribution in [3.63, 3.8) is 0 Å². The van der Waals surface area contributed by atoms with Crippen molar-refractivity contribution >= 4 is 21.6 Å². The molecular formula is C17H27BrN2. The maximum Gasteiger partial charge on any atom is 0.0510 e. The predicted molar refractivity (Wildman–Crippen MR) is 91.4 cm³/mol. The van der Waals surface area contributed by atoms with Crippen molar-refractivity contribution in [1.29, 1.82) is 0 Å². The lowest BCUT2D eigenvalue weighted by Gasteiger charge is -2.42. The Morgan fingerprint density at radius 1 is 1.20 bits per heavy atom. The van der Waals surface area contributed by atoms with Crippen molar-refractivity contribution in [2.45, 2.75) is 46.1 Å². The third kappa shape index (κ3) is 3.37. The summed E-state index contributed by atoms with van der Waals surface area (Å²) in [5.41, 5.74) is 3.27. The minimum Gasteiger partial charge on any atom is -0.371 e. The molecule has 112 valence electrons. The van der Waals surface area contributed by atoms with Gasteiger partial charge >= 0.3 is 0 Å². The molecule has 0 spiro atoms. The molecule has 0 saturated carbocycles. The summed E-state index contributed by atoms with van der Waals surface area (Å²) >= 11 is 3.75. The number of nitrogens with one attached hydrogen (secondary N) is 1. The van der Waals surface area contributed by atoms with Gasteiger partial charge in [0.2, 0.25) is 0 Å². The van der Waals surface area contributed by atoms with E-state index in [1.807, 2.05) is 7.05 Å². The van der Waals surface area contributed by atoms with Crippen LogP contribution in [0.25, 0.3) is 0 Å². The van der Waals surface area contributed by atoms with Gasteiger partial charge in [-0.25, -0.2) is 0 Å². The number of benzene rings is 1. The number of piperidine rings is 1. The second-order valence-electron chi connectivity index (χ2n) is 6.01. The Balaban J connectivity index is 2.07. The topological polar surface area (TPSA) is 15.3 Å². The van der Waals surface area contributed by atoms with E-state index in [-0.39, 0.29) is 0 Å². The second-order valence-corrected chi connectivity index (χ2v) is 6.86. The van der Waals surface area contributed by atoms with E-state index in [0.29, 0.717) is 5.41 Å². The molecule has 1 N–H and O–H groups in total. The van der Waals surface area contributed by atoms with Gasteiger partial charge in [-0.3, -0.25) is 0 Å². The molecule has 1 aliphatic heterocycles. The number of halogens is 1. The molecule has 0 radical (unpaired) electrons. The number of rotatable bonds is 5. The lowest BCUT2D eigenvalue weighted by molar-refractivity contribution is 0.199. The average Bonchev–Trinajstić information content (AvgIpc) is 2.48. The molecule has 20 heavy (non-hydrogen) atoms. The van der Waals surface area contributed by atoms with Gasteiger partial charge in [-0.2, -0.15) is 0 Å². The molecule has 3 heteroatoms. The zero-order chi connectivity index (χ0) is 14.6. The fourth-order valence-corrected chi connectivity index (χ4v) is 3.98. The Kier molecular flexibility index (Phi) is 5.50. The van der Waals surface area contributed by atoms with Crippen LogP contribution in [0.2, 0.25) is 0 Å². The van der Waals surface area contributed by atoms with Gasteiger partial charge in [0.25, 0.3) is 0 Å². The Morgan fingerprint density at radius 2 is 1.85 bits per heavy atom. The molecule has 1 fully saturated rings. The minimum atomic E-state index is 0.592. The summed E-state index contributed by atoms with van der Waals surface area (Å²) < 4.78 is 1.23. The normalized spacial score (nSPS) is 18.3. The molecular weight excluding hydrogens is 312 g/mol. The predicted octanol–water partition coefficient (Wildman–Crippen LogP) is 4.58. The summed E-state index contributed by atoms with van der Waals surface area (Å²) in [7, 11) is 1.99. The Hall–Kier alpha value is -0.540. The van der Waals surface area contributed by atoms with E-state index in [2.05, 4.69) is 58.2 Å². The summed E-state index contributed by atoms with van der Waals surface area (Å²) in [6.07, 6.45) is 5.29. The summed E-state index contributed by atoms with van der Waals surface area (Å²) in [6.45, 7) is 7.99. The molecule has 0 bridgehead atoms. The molecule has 2 nitrogen and oxygen atoms in total. The SMILES string of the molecule is CCC1(CC)CCN(c2ccc(CNC)cc2Br)CC1. The molecule has 0 unspecified atom stereocenters. The summed E-state index contributed by atoms with van der Waals surface area (Å²) in [5.74, 6) is 0. The first kappa shape index (κ1) is 15.8. The maximum absolute atomic E-state index is 3.75. The van der Waals surface area contributed by atoms with Gasteiger partial charge in [0.1, 0.15) is 0 Å². The van der Waals surface area contributed by atoms with Crippen molar-refractivity contribution in [2.75, 3.05) is 25.0 Å². The van der Waals surface area contributed by atoms with Crippen LogP contribution in [0.3, 0.4) is 0 Å². The molecule has 1 aliphatic rings. The Bertz CT molecular complexity index is 431. The first-order chi connectivity index (χ1) is 9.64. The number of hydrogen-bond donors (Lipinski definition) is 1. The highest BCUT2D eigenvalue weighted by Gasteiger charge is 2.31. The van der Waals surface area contributed by atoms with E-state index >= 15 is 0 Å². The van der Waals surface area contributed by atoms with Crippen LogP contribution < -0.4 is 10.2 Å². The fraction of sp³-hybridized carbons (Fsp3) is 0.647. The number of anilines is 1. The monoisotopic (exact) mass is 338 g/mol. The zero-order valence-corrected chi connectivity index (χ0v) is 14.6. The van der Waals surface area contributed by atoms with Gasteiger partial charge in [0.05, 0.1) is 5.69 Å². The summed E-state index contributed by atoms with van der Waals surface area (Å²) in [6, 6.07) is 6.74. The molecule has 1 aromatic carbocycles. The molecule has 1 heterocycles. The van der Waals surface area contributed by atoms with Gasteiger partial charge < -0.3 is 10.2 Å². The molecule has 1 aromatic rings. The average molecular weight is 339 g/mol. The fourth-order valence-electron chi connectivity index (χ4n) is 3.30. The number of nitrogens with zero attached hydrogens (tertiary/aromatic N) is 1. The third-order valence-electron chi connectivity index (χ3n) is 5.06. The van der Waals surface area contributed by atoms with Crippen molar-refractivity contribution in [1.82, 2.24) is 5.32 Å². The third-order valence-corrected chi connectivity index (χ3v) is 5.69. The lowest BCUT2D eigenvalue weighted by atomic mass is 9.74. The van der Waals surface area contributed by atoms with Crippen LogP contribution in [0.1, 0.15) is 45.1 Å². The van der Waals surface area contributed by atoms with Crippen LogP contribution in [0.4, 0.5) is 5.69 Å². The van der Waals surface area contributed by atoms with Crippen molar-refractivity contribution < 1.29 is 0 Å². The first-order valence-electron chi connectivity index (χ1n) is 7.82. The van der Waals surface area contributed by atoms with Gasteiger partial charge in [-0.15, -0.1) is 0 Å². The summed E-state index contributed by atoms with van der Waals surface area (Å²) in [5, 5.41) is 3.20. The Morgan fingerprint density at radius 3 is 2.35 bits per heavy atom. The second kappa shape index (κ2) is 6.95. The largest absolute Gasteiger partial charge is 0.371 e. The van der Waals surface area contributed by atoms with Crippen molar-refractivity contribution in [2.24, 2.45) is 5.41 Å². The van der Waals surface area contributed by atoms with Crippen LogP contribution in [-0.2, 0) is 6.54 Å². The molecule has 2 rings (SSSR count). The highest BCUT2D eigenvalue weighted by molar-refractivity contribution is 9.10. The van der Waals surface area contributed by atoms with E-state index < -0.39 is 0 Å². The molecule has 0 atom stereocenters. The van der Waals surface area contributed by atoms with Gasteiger partial charge in [-0.1, -0.05) is 32.8 Å². The van der Waals surface area contributed by atoms with Crippen LogP contribution in [0, 0.1) is 5.41 Å². The Labute approximate surface area is 132 Å².